The van der Waals surface area contributed by atoms with Crippen molar-refractivity contribution in [2.24, 2.45) is 5.73 Å². The van der Waals surface area contributed by atoms with Crippen LogP contribution in [0.1, 0.15) is 22.3 Å². The predicted octanol–water partition coefficient (Wildman–Crippen LogP) is 3.19. The van der Waals surface area contributed by atoms with Gasteiger partial charge < -0.3 is 10.5 Å². The summed E-state index contributed by atoms with van der Waals surface area (Å²) in [4.78, 5) is 0. The van der Waals surface area contributed by atoms with Gasteiger partial charge in [0.25, 0.3) is 0 Å². The second-order valence-electron chi connectivity index (χ2n) is 4.74. The van der Waals surface area contributed by atoms with Gasteiger partial charge in [0, 0.05) is 5.56 Å². The zero-order valence-electron chi connectivity index (χ0n) is 11.9. The highest BCUT2D eigenvalue weighted by Gasteiger charge is 1.99. The summed E-state index contributed by atoms with van der Waals surface area (Å²) >= 11 is 0. The number of aryl methyl sites for hydroxylation is 2. The van der Waals surface area contributed by atoms with Gasteiger partial charge >= 0.3 is 0 Å². The van der Waals surface area contributed by atoms with E-state index in [1.165, 1.54) is 16.7 Å². The molecule has 0 saturated carbocycles. The van der Waals surface area contributed by atoms with Crippen LogP contribution in [-0.4, -0.2) is 6.54 Å². The van der Waals surface area contributed by atoms with Crippen LogP contribution in [0, 0.1) is 25.7 Å². The van der Waals surface area contributed by atoms with Gasteiger partial charge in [-0.2, -0.15) is 0 Å². The molecule has 0 aliphatic carbocycles. The summed E-state index contributed by atoms with van der Waals surface area (Å²) in [5.74, 6) is 6.67. The minimum absolute atomic E-state index is 0.369. The number of nitrogens with two attached hydrogens (primary N) is 1. The lowest BCUT2D eigenvalue weighted by molar-refractivity contribution is 0.306. The fourth-order valence-corrected chi connectivity index (χ4v) is 1.88. The SMILES string of the molecule is Cc1ccc(COc2cccc(C#CCN)c2)cc1C. The lowest BCUT2D eigenvalue weighted by atomic mass is 10.1. The Morgan fingerprint density at radius 3 is 2.65 bits per heavy atom. The van der Waals surface area contributed by atoms with Gasteiger partial charge in [-0.05, 0) is 48.7 Å². The maximum Gasteiger partial charge on any atom is 0.121 e. The molecule has 0 spiro atoms. The molecule has 2 aromatic rings. The Hall–Kier alpha value is -2.24. The number of rotatable bonds is 3. The van der Waals surface area contributed by atoms with Crippen molar-refractivity contribution in [3.63, 3.8) is 0 Å². The molecule has 2 rings (SSSR count). The first-order chi connectivity index (χ1) is 9.69. The van der Waals surface area contributed by atoms with Crippen LogP contribution in [-0.2, 0) is 6.61 Å². The number of hydrogen-bond donors (Lipinski definition) is 1. The molecule has 2 aromatic carbocycles. The van der Waals surface area contributed by atoms with Gasteiger partial charge in [-0.15, -0.1) is 0 Å². The van der Waals surface area contributed by atoms with Gasteiger partial charge in [0.05, 0.1) is 6.54 Å². The smallest absolute Gasteiger partial charge is 0.121 e. The van der Waals surface area contributed by atoms with Crippen molar-refractivity contribution in [2.45, 2.75) is 20.5 Å². The Balaban J connectivity index is 2.05. The summed E-state index contributed by atoms with van der Waals surface area (Å²) in [6.07, 6.45) is 0. The molecule has 2 heteroatoms. The van der Waals surface area contributed by atoms with Crippen LogP contribution in [0.4, 0.5) is 0 Å². The van der Waals surface area contributed by atoms with Gasteiger partial charge in [0.15, 0.2) is 0 Å². The van der Waals surface area contributed by atoms with E-state index in [2.05, 4.69) is 43.9 Å². The average Bonchev–Trinajstić information content (AvgIpc) is 2.47. The molecule has 0 radical (unpaired) electrons. The minimum Gasteiger partial charge on any atom is -0.489 e. The molecule has 0 aromatic heterocycles. The molecule has 0 aliphatic rings. The average molecular weight is 265 g/mol. The highest BCUT2D eigenvalue weighted by Crippen LogP contribution is 2.16. The van der Waals surface area contributed by atoms with Gasteiger partial charge in [0.1, 0.15) is 12.4 Å². The van der Waals surface area contributed by atoms with Crippen LogP contribution in [0.25, 0.3) is 0 Å². The van der Waals surface area contributed by atoms with Crippen LogP contribution in [0.15, 0.2) is 42.5 Å². The second-order valence-corrected chi connectivity index (χ2v) is 4.74. The van der Waals surface area contributed by atoms with Crippen molar-refractivity contribution in [2.75, 3.05) is 6.54 Å². The molecule has 0 fully saturated rings. The standard InChI is InChI=1S/C18H19NO/c1-14-8-9-17(11-15(14)2)13-20-18-7-3-5-16(12-18)6-4-10-19/h3,5,7-9,11-12H,10,13,19H2,1-2H3. The number of benzene rings is 2. The lowest BCUT2D eigenvalue weighted by Gasteiger charge is -2.08. The van der Waals surface area contributed by atoms with Crippen molar-refractivity contribution in [1.82, 2.24) is 0 Å². The van der Waals surface area contributed by atoms with Gasteiger partial charge in [0.2, 0.25) is 0 Å². The molecule has 0 saturated heterocycles. The van der Waals surface area contributed by atoms with E-state index in [4.69, 9.17) is 10.5 Å². The molecule has 0 bridgehead atoms. The van der Waals surface area contributed by atoms with Crippen molar-refractivity contribution in [1.29, 1.82) is 0 Å². The summed E-state index contributed by atoms with van der Waals surface area (Å²) in [7, 11) is 0. The van der Waals surface area contributed by atoms with E-state index in [0.29, 0.717) is 13.2 Å². The van der Waals surface area contributed by atoms with Crippen molar-refractivity contribution in [3.8, 4) is 17.6 Å². The molecule has 102 valence electrons. The topological polar surface area (TPSA) is 35.2 Å². The zero-order chi connectivity index (χ0) is 14.4. The van der Waals surface area contributed by atoms with E-state index in [1.807, 2.05) is 24.3 Å². The maximum atomic E-state index is 5.81. The molecule has 0 atom stereocenters. The quantitative estimate of drug-likeness (QED) is 0.865. The molecule has 0 amide bonds. The monoisotopic (exact) mass is 265 g/mol. The minimum atomic E-state index is 0.369. The van der Waals surface area contributed by atoms with E-state index < -0.39 is 0 Å². The number of hydrogen-bond acceptors (Lipinski definition) is 2. The van der Waals surface area contributed by atoms with E-state index in [9.17, 15) is 0 Å². The van der Waals surface area contributed by atoms with E-state index in [1.54, 1.807) is 0 Å². The van der Waals surface area contributed by atoms with E-state index in [-0.39, 0.29) is 0 Å². The highest BCUT2D eigenvalue weighted by molar-refractivity contribution is 5.40. The molecule has 0 heterocycles. The largest absolute Gasteiger partial charge is 0.489 e. The van der Waals surface area contributed by atoms with Crippen LogP contribution >= 0.6 is 0 Å². The van der Waals surface area contributed by atoms with Gasteiger partial charge in [-0.1, -0.05) is 36.1 Å². The summed E-state index contributed by atoms with van der Waals surface area (Å²) < 4.78 is 5.81. The Morgan fingerprint density at radius 2 is 1.90 bits per heavy atom. The van der Waals surface area contributed by atoms with Crippen LogP contribution in [0.2, 0.25) is 0 Å². The zero-order valence-corrected chi connectivity index (χ0v) is 11.9. The second kappa shape index (κ2) is 6.79. The molecular weight excluding hydrogens is 246 g/mol. The Morgan fingerprint density at radius 1 is 1.05 bits per heavy atom. The van der Waals surface area contributed by atoms with Gasteiger partial charge in [-0.3, -0.25) is 0 Å². The third kappa shape index (κ3) is 3.88. The third-order valence-electron chi connectivity index (χ3n) is 3.15. The van der Waals surface area contributed by atoms with E-state index >= 15 is 0 Å². The van der Waals surface area contributed by atoms with Crippen molar-refractivity contribution in [3.05, 3.63) is 64.7 Å². The third-order valence-corrected chi connectivity index (χ3v) is 3.15. The summed E-state index contributed by atoms with van der Waals surface area (Å²) in [5, 5.41) is 0. The van der Waals surface area contributed by atoms with E-state index in [0.717, 1.165) is 11.3 Å². The lowest BCUT2D eigenvalue weighted by Crippen LogP contribution is -1.97. The summed E-state index contributed by atoms with van der Waals surface area (Å²) in [5.41, 5.74) is 10.1. The van der Waals surface area contributed by atoms with Crippen LogP contribution in [0.5, 0.6) is 5.75 Å². The normalized spacial score (nSPS) is 9.75. The Labute approximate surface area is 120 Å². The first kappa shape index (κ1) is 14.2. The van der Waals surface area contributed by atoms with Gasteiger partial charge in [-0.25, -0.2) is 0 Å². The first-order valence-corrected chi connectivity index (χ1v) is 6.67. The van der Waals surface area contributed by atoms with Crippen molar-refractivity contribution < 1.29 is 4.74 Å². The van der Waals surface area contributed by atoms with Crippen LogP contribution in [0.3, 0.4) is 0 Å². The van der Waals surface area contributed by atoms with Crippen molar-refractivity contribution >= 4 is 0 Å². The number of ether oxygens (including phenoxy) is 1. The highest BCUT2D eigenvalue weighted by atomic mass is 16.5. The van der Waals surface area contributed by atoms with Crippen LogP contribution < -0.4 is 10.5 Å². The maximum absolute atomic E-state index is 5.81. The fraction of sp³-hybridized carbons (Fsp3) is 0.222. The summed E-state index contributed by atoms with van der Waals surface area (Å²) in [6.45, 7) is 5.16. The fourth-order valence-electron chi connectivity index (χ4n) is 1.88. The molecule has 0 aliphatic heterocycles. The molecule has 0 unspecified atom stereocenters. The summed E-state index contributed by atoms with van der Waals surface area (Å²) in [6, 6.07) is 14.1. The molecule has 2 nitrogen and oxygen atoms in total. The molecule has 20 heavy (non-hydrogen) atoms. The Bertz CT molecular complexity index is 650. The predicted molar refractivity (Wildman–Crippen MR) is 82.6 cm³/mol. The first-order valence-electron chi connectivity index (χ1n) is 6.67. The Kier molecular flexibility index (Phi) is 4.81. The molecular formula is C18H19NO. The molecule has 2 N–H and O–H groups in total.